The smallest absolute Gasteiger partial charge is 0.191 e. The lowest BCUT2D eigenvalue weighted by Crippen LogP contribution is -2.25. The van der Waals surface area contributed by atoms with Crippen molar-refractivity contribution >= 4 is 39.8 Å². The molecule has 0 amide bonds. The highest BCUT2D eigenvalue weighted by Crippen LogP contribution is 2.22. The van der Waals surface area contributed by atoms with E-state index in [1.165, 1.54) is 0 Å². The molecular formula is C17H17N5OS. The van der Waals surface area contributed by atoms with E-state index in [0.717, 1.165) is 16.7 Å². The van der Waals surface area contributed by atoms with Gasteiger partial charge in [0.25, 0.3) is 0 Å². The van der Waals surface area contributed by atoms with Crippen molar-refractivity contribution in [3.8, 4) is 5.75 Å². The van der Waals surface area contributed by atoms with Gasteiger partial charge in [-0.1, -0.05) is 24.3 Å². The zero-order valence-electron chi connectivity index (χ0n) is 13.3. The average molecular weight is 339 g/mol. The number of imidazole rings is 1. The number of thiocarbonyl (C=S) groups is 1. The summed E-state index contributed by atoms with van der Waals surface area (Å²) in [5.74, 6) is 1.41. The number of hydrazone groups is 1. The van der Waals surface area contributed by atoms with Crippen molar-refractivity contribution in [2.24, 2.45) is 5.10 Å². The standard InChI is InChI=1S/C17H17N5OS/c1-11(16-18-12-7-3-4-8-13(12)19-16)21-22-17(24)20-14-9-5-6-10-15(14)23-2/h3-10H,1-2H3,(H,18,19)(H2,20,22,24)/b21-11+. The molecule has 122 valence electrons. The Hall–Kier alpha value is -2.93. The number of H-pyrrole nitrogens is 1. The number of hydrogen-bond donors (Lipinski definition) is 3. The van der Waals surface area contributed by atoms with E-state index in [0.29, 0.717) is 22.4 Å². The zero-order valence-corrected chi connectivity index (χ0v) is 14.1. The summed E-state index contributed by atoms with van der Waals surface area (Å²) in [5.41, 5.74) is 6.16. The fourth-order valence-corrected chi connectivity index (χ4v) is 2.37. The highest BCUT2D eigenvalue weighted by molar-refractivity contribution is 7.80. The number of aromatic nitrogens is 2. The summed E-state index contributed by atoms with van der Waals surface area (Å²) in [6.45, 7) is 1.86. The molecule has 0 saturated heterocycles. The second-order valence-corrected chi connectivity index (χ2v) is 5.47. The highest BCUT2D eigenvalue weighted by Gasteiger charge is 2.06. The zero-order chi connectivity index (χ0) is 16.9. The van der Waals surface area contributed by atoms with Gasteiger partial charge in [-0.15, -0.1) is 0 Å². The van der Waals surface area contributed by atoms with Gasteiger partial charge < -0.3 is 15.0 Å². The number of fused-ring (bicyclic) bond motifs is 1. The highest BCUT2D eigenvalue weighted by atomic mass is 32.1. The molecule has 2 aromatic carbocycles. The topological polar surface area (TPSA) is 74.3 Å². The minimum Gasteiger partial charge on any atom is -0.495 e. The molecule has 0 aliphatic rings. The van der Waals surface area contributed by atoms with Crippen molar-refractivity contribution in [1.29, 1.82) is 0 Å². The Balaban J connectivity index is 1.69. The Labute approximate surface area is 144 Å². The molecule has 0 atom stereocenters. The maximum Gasteiger partial charge on any atom is 0.191 e. The van der Waals surface area contributed by atoms with Crippen LogP contribution in [0.15, 0.2) is 53.6 Å². The quantitative estimate of drug-likeness (QED) is 0.386. The monoisotopic (exact) mass is 339 g/mol. The van der Waals surface area contributed by atoms with Gasteiger partial charge in [0, 0.05) is 0 Å². The summed E-state index contributed by atoms with van der Waals surface area (Å²) in [4.78, 5) is 7.71. The average Bonchev–Trinajstić information content (AvgIpc) is 3.04. The largest absolute Gasteiger partial charge is 0.495 e. The molecule has 0 aliphatic heterocycles. The second-order valence-electron chi connectivity index (χ2n) is 5.07. The van der Waals surface area contributed by atoms with Crippen molar-refractivity contribution in [2.75, 3.05) is 12.4 Å². The van der Waals surface area contributed by atoms with Crippen LogP contribution in [0, 0.1) is 0 Å². The van der Waals surface area contributed by atoms with E-state index in [2.05, 4.69) is 25.8 Å². The van der Waals surface area contributed by atoms with Crippen LogP contribution < -0.4 is 15.5 Å². The van der Waals surface area contributed by atoms with Crippen molar-refractivity contribution in [3.05, 3.63) is 54.4 Å². The molecule has 0 fully saturated rings. The third-order valence-corrected chi connectivity index (χ3v) is 3.61. The van der Waals surface area contributed by atoms with E-state index >= 15 is 0 Å². The molecule has 6 nitrogen and oxygen atoms in total. The van der Waals surface area contributed by atoms with Crippen LogP contribution in [0.3, 0.4) is 0 Å². The normalized spacial score (nSPS) is 11.3. The van der Waals surface area contributed by atoms with E-state index < -0.39 is 0 Å². The third-order valence-electron chi connectivity index (χ3n) is 3.41. The van der Waals surface area contributed by atoms with Gasteiger partial charge in [-0.3, -0.25) is 5.43 Å². The summed E-state index contributed by atoms with van der Waals surface area (Å²) >= 11 is 5.26. The predicted molar refractivity (Wildman–Crippen MR) is 101 cm³/mol. The maximum absolute atomic E-state index is 5.27. The van der Waals surface area contributed by atoms with Crippen LogP contribution in [-0.4, -0.2) is 27.9 Å². The van der Waals surface area contributed by atoms with Crippen molar-refractivity contribution in [2.45, 2.75) is 6.92 Å². The Morgan fingerprint density at radius 3 is 2.71 bits per heavy atom. The second kappa shape index (κ2) is 7.10. The van der Waals surface area contributed by atoms with Gasteiger partial charge in [-0.2, -0.15) is 5.10 Å². The molecule has 0 saturated carbocycles. The maximum atomic E-state index is 5.27. The number of anilines is 1. The molecule has 0 bridgehead atoms. The van der Waals surface area contributed by atoms with E-state index in [-0.39, 0.29) is 0 Å². The number of aromatic amines is 1. The summed E-state index contributed by atoms with van der Waals surface area (Å²) in [6, 6.07) is 15.4. The van der Waals surface area contributed by atoms with Crippen LogP contribution in [0.25, 0.3) is 11.0 Å². The van der Waals surface area contributed by atoms with Crippen LogP contribution in [-0.2, 0) is 0 Å². The predicted octanol–water partition coefficient (Wildman–Crippen LogP) is 3.28. The molecule has 7 heteroatoms. The molecule has 0 unspecified atom stereocenters. The molecule has 0 spiro atoms. The molecule has 0 radical (unpaired) electrons. The first kappa shape index (κ1) is 15.9. The van der Waals surface area contributed by atoms with Crippen LogP contribution in [0.2, 0.25) is 0 Å². The number of para-hydroxylation sites is 4. The lowest BCUT2D eigenvalue weighted by atomic mass is 10.3. The summed E-state index contributed by atoms with van der Waals surface area (Å²) in [7, 11) is 1.61. The molecule has 3 rings (SSSR count). The van der Waals surface area contributed by atoms with Gasteiger partial charge in [-0.05, 0) is 43.4 Å². The number of methoxy groups -OCH3 is 1. The molecule has 3 aromatic rings. The summed E-state index contributed by atoms with van der Waals surface area (Å²) in [6.07, 6.45) is 0. The first-order valence-electron chi connectivity index (χ1n) is 7.37. The minimum atomic E-state index is 0.370. The van der Waals surface area contributed by atoms with Gasteiger partial charge in [0.15, 0.2) is 10.9 Å². The number of nitrogens with zero attached hydrogens (tertiary/aromatic N) is 2. The summed E-state index contributed by atoms with van der Waals surface area (Å²) < 4.78 is 5.27. The van der Waals surface area contributed by atoms with Crippen LogP contribution in [0.5, 0.6) is 5.75 Å². The van der Waals surface area contributed by atoms with Crippen molar-refractivity contribution in [1.82, 2.24) is 15.4 Å². The van der Waals surface area contributed by atoms with Crippen LogP contribution in [0.4, 0.5) is 5.69 Å². The van der Waals surface area contributed by atoms with Crippen LogP contribution >= 0.6 is 12.2 Å². The Morgan fingerprint density at radius 1 is 1.17 bits per heavy atom. The molecule has 3 N–H and O–H groups in total. The van der Waals surface area contributed by atoms with Gasteiger partial charge in [0.1, 0.15) is 11.5 Å². The van der Waals surface area contributed by atoms with E-state index in [1.807, 2.05) is 55.5 Å². The minimum absolute atomic E-state index is 0.370. The number of ether oxygens (including phenoxy) is 1. The lowest BCUT2D eigenvalue weighted by molar-refractivity contribution is 0.417. The lowest BCUT2D eigenvalue weighted by Gasteiger charge is -2.11. The molecule has 1 heterocycles. The molecule has 0 aliphatic carbocycles. The fourth-order valence-electron chi connectivity index (χ4n) is 2.21. The Morgan fingerprint density at radius 2 is 1.92 bits per heavy atom. The first-order chi connectivity index (χ1) is 11.7. The number of rotatable bonds is 4. The summed E-state index contributed by atoms with van der Waals surface area (Å²) in [5, 5.41) is 7.69. The van der Waals surface area contributed by atoms with Gasteiger partial charge in [0.05, 0.1) is 23.8 Å². The first-order valence-corrected chi connectivity index (χ1v) is 7.77. The number of hydrogen-bond acceptors (Lipinski definition) is 4. The molecule has 24 heavy (non-hydrogen) atoms. The van der Waals surface area contributed by atoms with Crippen LogP contribution in [0.1, 0.15) is 12.7 Å². The van der Waals surface area contributed by atoms with Crippen molar-refractivity contribution < 1.29 is 4.74 Å². The SMILES string of the molecule is COc1ccccc1NC(=S)N/N=C(\C)c1nc2ccccc2[nH]1. The number of benzene rings is 2. The van der Waals surface area contributed by atoms with Gasteiger partial charge >= 0.3 is 0 Å². The van der Waals surface area contributed by atoms with Crippen molar-refractivity contribution in [3.63, 3.8) is 0 Å². The van der Waals surface area contributed by atoms with E-state index in [9.17, 15) is 0 Å². The van der Waals surface area contributed by atoms with E-state index in [4.69, 9.17) is 17.0 Å². The molecular weight excluding hydrogens is 322 g/mol. The molecule has 1 aromatic heterocycles. The van der Waals surface area contributed by atoms with Gasteiger partial charge in [0.2, 0.25) is 0 Å². The third kappa shape index (κ3) is 3.52. The van der Waals surface area contributed by atoms with Gasteiger partial charge in [-0.25, -0.2) is 4.98 Å². The Bertz CT molecular complexity index is 870. The number of nitrogens with one attached hydrogen (secondary N) is 3. The van der Waals surface area contributed by atoms with E-state index in [1.54, 1.807) is 7.11 Å². The fraction of sp³-hybridized carbons (Fsp3) is 0.118. The Kier molecular flexibility index (Phi) is 4.72.